The van der Waals surface area contributed by atoms with Crippen LogP contribution in [0.15, 0.2) is 54.9 Å². The zero-order valence-electron chi connectivity index (χ0n) is 10.9. The predicted molar refractivity (Wildman–Crippen MR) is 75.1 cm³/mol. The van der Waals surface area contributed by atoms with Crippen LogP contribution in [0.3, 0.4) is 0 Å². The van der Waals surface area contributed by atoms with E-state index in [1.54, 1.807) is 41.1 Å². The molecule has 1 aromatic carbocycles. The quantitative estimate of drug-likeness (QED) is 0.683. The number of hydrogen-bond acceptors (Lipinski definition) is 3. The van der Waals surface area contributed by atoms with E-state index in [9.17, 15) is 9.59 Å². The van der Waals surface area contributed by atoms with Crippen molar-refractivity contribution in [2.24, 2.45) is 0 Å². The summed E-state index contributed by atoms with van der Waals surface area (Å²) in [5, 5.41) is 0. The Morgan fingerprint density at radius 2 is 1.80 bits per heavy atom. The van der Waals surface area contributed by atoms with Crippen molar-refractivity contribution in [3.63, 3.8) is 0 Å². The molecule has 0 amide bonds. The first-order chi connectivity index (χ1) is 9.66. The van der Waals surface area contributed by atoms with Gasteiger partial charge in [-0.2, -0.15) is 0 Å². The Morgan fingerprint density at radius 3 is 2.50 bits per heavy atom. The average Bonchev–Trinajstić information content (AvgIpc) is 2.94. The van der Waals surface area contributed by atoms with Crippen molar-refractivity contribution in [2.75, 3.05) is 0 Å². The van der Waals surface area contributed by atoms with Gasteiger partial charge in [0.05, 0.1) is 5.69 Å². The van der Waals surface area contributed by atoms with Gasteiger partial charge in [0.15, 0.2) is 5.78 Å². The molecule has 0 unspecified atom stereocenters. The molecule has 0 aliphatic rings. The number of hydrogen-bond donors (Lipinski definition) is 0. The number of carbonyl (C=O) groups is 2. The Hall–Kier alpha value is -2.75. The molecule has 0 aliphatic carbocycles. The van der Waals surface area contributed by atoms with Crippen LogP contribution in [0.25, 0.3) is 5.65 Å². The van der Waals surface area contributed by atoms with Crippen LogP contribution in [0.5, 0.6) is 0 Å². The zero-order chi connectivity index (χ0) is 14.1. The van der Waals surface area contributed by atoms with Crippen LogP contribution in [0.1, 0.15) is 33.3 Å². The second-order valence-corrected chi connectivity index (χ2v) is 4.54. The fourth-order valence-electron chi connectivity index (χ4n) is 2.14. The number of ketones is 2. The molecule has 4 nitrogen and oxygen atoms in total. The van der Waals surface area contributed by atoms with Gasteiger partial charge >= 0.3 is 0 Å². The van der Waals surface area contributed by atoms with Crippen LogP contribution in [0.2, 0.25) is 0 Å². The van der Waals surface area contributed by atoms with Gasteiger partial charge in [-0.15, -0.1) is 0 Å². The Bertz CT molecular complexity index is 804. The summed E-state index contributed by atoms with van der Waals surface area (Å²) in [6, 6.07) is 12.3. The summed E-state index contributed by atoms with van der Waals surface area (Å²) in [6.45, 7) is 1.48. The maximum Gasteiger partial charge on any atom is 0.209 e. The average molecular weight is 264 g/mol. The fraction of sp³-hybridized carbons (Fsp3) is 0.0625. The van der Waals surface area contributed by atoms with Crippen molar-refractivity contribution in [2.45, 2.75) is 6.92 Å². The van der Waals surface area contributed by atoms with Crippen LogP contribution in [-0.2, 0) is 0 Å². The third-order valence-electron chi connectivity index (χ3n) is 3.18. The van der Waals surface area contributed by atoms with Crippen molar-refractivity contribution < 1.29 is 9.59 Å². The van der Waals surface area contributed by atoms with E-state index in [4.69, 9.17) is 0 Å². The topological polar surface area (TPSA) is 51.4 Å². The van der Waals surface area contributed by atoms with Crippen molar-refractivity contribution >= 4 is 17.2 Å². The molecule has 0 saturated carbocycles. The Labute approximate surface area is 115 Å². The van der Waals surface area contributed by atoms with E-state index in [1.165, 1.54) is 6.92 Å². The minimum absolute atomic E-state index is 0.0855. The van der Waals surface area contributed by atoms with Crippen molar-refractivity contribution in [3.8, 4) is 0 Å². The second kappa shape index (κ2) is 4.74. The number of Topliss-reactive ketones (excluding diaryl/α,β-unsaturated/α-hetero) is 1. The highest BCUT2D eigenvalue weighted by Crippen LogP contribution is 2.15. The standard InChI is InChI=1S/C16H12N2O2/c1-11(19)13-9-14(18-8-7-17-15(18)10-13)16(20)12-5-3-2-4-6-12/h2-10H,1H3. The number of benzene rings is 1. The summed E-state index contributed by atoms with van der Waals surface area (Å²) >= 11 is 0. The molecule has 2 heterocycles. The number of nitrogens with zero attached hydrogens (tertiary/aromatic N) is 2. The smallest absolute Gasteiger partial charge is 0.209 e. The lowest BCUT2D eigenvalue weighted by Crippen LogP contribution is -2.09. The summed E-state index contributed by atoms with van der Waals surface area (Å²) in [7, 11) is 0. The van der Waals surface area contributed by atoms with Crippen LogP contribution in [0, 0.1) is 0 Å². The minimum Gasteiger partial charge on any atom is -0.296 e. The molecule has 0 fully saturated rings. The third-order valence-corrected chi connectivity index (χ3v) is 3.18. The van der Waals surface area contributed by atoms with Crippen LogP contribution >= 0.6 is 0 Å². The van der Waals surface area contributed by atoms with E-state index in [0.29, 0.717) is 22.5 Å². The highest BCUT2D eigenvalue weighted by atomic mass is 16.1. The Morgan fingerprint density at radius 1 is 1.05 bits per heavy atom. The number of carbonyl (C=O) groups excluding carboxylic acids is 2. The van der Waals surface area contributed by atoms with Gasteiger partial charge in [0.2, 0.25) is 5.78 Å². The first-order valence-corrected chi connectivity index (χ1v) is 6.24. The summed E-state index contributed by atoms with van der Waals surface area (Å²) in [5.74, 6) is -0.214. The molecule has 98 valence electrons. The molecule has 0 atom stereocenters. The van der Waals surface area contributed by atoms with Gasteiger partial charge in [-0.1, -0.05) is 30.3 Å². The van der Waals surface area contributed by atoms with Crippen molar-refractivity contribution in [1.82, 2.24) is 9.38 Å². The minimum atomic E-state index is -0.128. The lowest BCUT2D eigenvalue weighted by atomic mass is 10.0. The number of aromatic nitrogens is 2. The largest absolute Gasteiger partial charge is 0.296 e. The van der Waals surface area contributed by atoms with Gasteiger partial charge in [-0.3, -0.25) is 14.0 Å². The summed E-state index contributed by atoms with van der Waals surface area (Å²) < 4.78 is 1.70. The third kappa shape index (κ3) is 2.01. The highest BCUT2D eigenvalue weighted by Gasteiger charge is 2.15. The van der Waals surface area contributed by atoms with E-state index < -0.39 is 0 Å². The summed E-state index contributed by atoms with van der Waals surface area (Å²) in [5.41, 5.74) is 2.11. The number of rotatable bonds is 3. The highest BCUT2D eigenvalue weighted by molar-refractivity contribution is 6.09. The van der Waals surface area contributed by atoms with Gasteiger partial charge in [-0.25, -0.2) is 4.98 Å². The number of imidazole rings is 1. The zero-order valence-corrected chi connectivity index (χ0v) is 10.9. The molecule has 0 spiro atoms. The molecule has 0 aliphatic heterocycles. The first kappa shape index (κ1) is 12.3. The maximum absolute atomic E-state index is 12.6. The van der Waals surface area contributed by atoms with Gasteiger partial charge in [0.25, 0.3) is 0 Å². The van der Waals surface area contributed by atoms with E-state index in [0.717, 1.165) is 0 Å². The lowest BCUT2D eigenvalue weighted by molar-refractivity contribution is 0.101. The van der Waals surface area contributed by atoms with E-state index >= 15 is 0 Å². The molecule has 3 aromatic rings. The molecule has 0 N–H and O–H groups in total. The SMILES string of the molecule is CC(=O)c1cc(C(=O)c2ccccc2)n2ccnc2c1. The van der Waals surface area contributed by atoms with Gasteiger partial charge < -0.3 is 0 Å². The van der Waals surface area contributed by atoms with Gasteiger partial charge in [0, 0.05) is 23.5 Å². The monoisotopic (exact) mass is 264 g/mol. The number of fused-ring (bicyclic) bond motifs is 1. The Kier molecular flexibility index (Phi) is 2.91. The molecule has 0 radical (unpaired) electrons. The molecular weight excluding hydrogens is 252 g/mol. The molecular formula is C16H12N2O2. The molecule has 0 bridgehead atoms. The van der Waals surface area contributed by atoms with Crippen LogP contribution < -0.4 is 0 Å². The van der Waals surface area contributed by atoms with E-state index in [-0.39, 0.29) is 11.6 Å². The first-order valence-electron chi connectivity index (χ1n) is 6.24. The summed E-state index contributed by atoms with van der Waals surface area (Å²) in [6.07, 6.45) is 3.33. The summed E-state index contributed by atoms with van der Waals surface area (Å²) in [4.78, 5) is 28.3. The molecule has 3 rings (SSSR count). The van der Waals surface area contributed by atoms with E-state index in [1.807, 2.05) is 18.2 Å². The molecule has 4 heteroatoms. The fourth-order valence-corrected chi connectivity index (χ4v) is 2.14. The van der Waals surface area contributed by atoms with Crippen molar-refractivity contribution in [1.29, 1.82) is 0 Å². The molecule has 20 heavy (non-hydrogen) atoms. The molecule has 2 aromatic heterocycles. The van der Waals surface area contributed by atoms with Gasteiger partial charge in [-0.05, 0) is 19.1 Å². The second-order valence-electron chi connectivity index (χ2n) is 4.54. The van der Waals surface area contributed by atoms with Crippen LogP contribution in [-0.4, -0.2) is 21.0 Å². The van der Waals surface area contributed by atoms with Crippen LogP contribution in [0.4, 0.5) is 0 Å². The van der Waals surface area contributed by atoms with E-state index in [2.05, 4.69) is 4.98 Å². The number of pyridine rings is 1. The normalized spacial score (nSPS) is 10.7. The Balaban J connectivity index is 2.22. The van der Waals surface area contributed by atoms with Crippen molar-refractivity contribution in [3.05, 3.63) is 71.7 Å². The lowest BCUT2D eigenvalue weighted by Gasteiger charge is -2.07. The predicted octanol–water partition coefficient (Wildman–Crippen LogP) is 2.77. The molecule has 0 saturated heterocycles. The van der Waals surface area contributed by atoms with Gasteiger partial charge in [0.1, 0.15) is 5.65 Å². The maximum atomic E-state index is 12.6.